The van der Waals surface area contributed by atoms with Crippen LogP contribution in [-0.4, -0.2) is 24.3 Å². The van der Waals surface area contributed by atoms with Gasteiger partial charge in [-0.15, -0.1) is 0 Å². The number of nitrogens with one attached hydrogen (secondary N) is 1. The quantitative estimate of drug-likeness (QED) is 0.817. The minimum atomic E-state index is -0.256. The van der Waals surface area contributed by atoms with Crippen molar-refractivity contribution in [3.05, 3.63) is 28.2 Å². The third-order valence-corrected chi connectivity index (χ3v) is 3.31. The van der Waals surface area contributed by atoms with Gasteiger partial charge < -0.3 is 10.1 Å². The molecular weight excluding hydrogens is 310 g/mol. The highest BCUT2D eigenvalue weighted by molar-refractivity contribution is 9.10. The van der Waals surface area contributed by atoms with Crippen LogP contribution < -0.4 is 10.1 Å². The number of carbonyl (C=O) groups is 2. The van der Waals surface area contributed by atoms with Crippen molar-refractivity contribution in [2.75, 3.05) is 6.61 Å². The first kappa shape index (κ1) is 15.7. The number of halogens is 1. The van der Waals surface area contributed by atoms with Gasteiger partial charge in [0.1, 0.15) is 5.75 Å². The monoisotopic (exact) mass is 327 g/mol. The maximum absolute atomic E-state index is 11.7. The smallest absolute Gasteiger partial charge is 0.258 e. The fourth-order valence-electron chi connectivity index (χ4n) is 1.39. The van der Waals surface area contributed by atoms with Crippen molar-refractivity contribution in [2.24, 2.45) is 0 Å². The van der Waals surface area contributed by atoms with Crippen molar-refractivity contribution in [3.8, 4) is 5.75 Å². The lowest BCUT2D eigenvalue weighted by molar-refractivity contribution is -0.124. The second kappa shape index (κ2) is 6.70. The van der Waals surface area contributed by atoms with Crippen LogP contribution in [0.4, 0.5) is 0 Å². The van der Waals surface area contributed by atoms with Crippen LogP contribution in [-0.2, 0) is 4.79 Å². The first-order valence-electron chi connectivity index (χ1n) is 6.06. The number of amides is 1. The van der Waals surface area contributed by atoms with Gasteiger partial charge >= 0.3 is 0 Å². The van der Waals surface area contributed by atoms with E-state index in [0.717, 1.165) is 10.9 Å². The van der Waals surface area contributed by atoms with E-state index in [4.69, 9.17) is 4.74 Å². The van der Waals surface area contributed by atoms with E-state index in [9.17, 15) is 9.59 Å². The molecule has 19 heavy (non-hydrogen) atoms. The summed E-state index contributed by atoms with van der Waals surface area (Å²) in [6.07, 6.45) is 1.53. The van der Waals surface area contributed by atoms with Gasteiger partial charge in [-0.1, -0.05) is 22.9 Å². The molecule has 0 unspecified atom stereocenters. The summed E-state index contributed by atoms with van der Waals surface area (Å²) in [5.41, 5.74) is 0.158. The number of rotatable bonds is 6. The van der Waals surface area contributed by atoms with Crippen LogP contribution in [0.3, 0.4) is 0 Å². The number of hydrogen-bond acceptors (Lipinski definition) is 3. The zero-order valence-electron chi connectivity index (χ0n) is 11.3. The summed E-state index contributed by atoms with van der Waals surface area (Å²) in [4.78, 5) is 22.6. The molecule has 4 nitrogen and oxygen atoms in total. The van der Waals surface area contributed by atoms with E-state index in [2.05, 4.69) is 21.2 Å². The third-order valence-electron chi connectivity index (χ3n) is 2.82. The molecule has 0 spiro atoms. The number of hydrogen-bond donors (Lipinski definition) is 1. The Kier molecular flexibility index (Phi) is 5.54. The van der Waals surface area contributed by atoms with Crippen LogP contribution in [0.5, 0.6) is 5.75 Å². The maximum Gasteiger partial charge on any atom is 0.258 e. The van der Waals surface area contributed by atoms with Gasteiger partial charge in [0.15, 0.2) is 12.9 Å². The lowest BCUT2D eigenvalue weighted by Gasteiger charge is -2.24. The van der Waals surface area contributed by atoms with Gasteiger partial charge in [-0.05, 0) is 38.5 Å². The van der Waals surface area contributed by atoms with Gasteiger partial charge in [-0.3, -0.25) is 9.59 Å². The van der Waals surface area contributed by atoms with Crippen LogP contribution in [0.2, 0.25) is 0 Å². The Morgan fingerprint density at radius 2 is 2.16 bits per heavy atom. The Morgan fingerprint density at radius 1 is 1.47 bits per heavy atom. The minimum Gasteiger partial charge on any atom is -0.483 e. The largest absolute Gasteiger partial charge is 0.483 e. The maximum atomic E-state index is 11.7. The molecule has 1 amide bonds. The van der Waals surface area contributed by atoms with E-state index in [1.165, 1.54) is 0 Å². The molecule has 1 aromatic carbocycles. The van der Waals surface area contributed by atoms with Gasteiger partial charge in [0, 0.05) is 10.0 Å². The number of ether oxygens (including phenoxy) is 1. The topological polar surface area (TPSA) is 55.4 Å². The molecule has 0 aliphatic heterocycles. The second-order valence-electron chi connectivity index (χ2n) is 4.87. The summed E-state index contributed by atoms with van der Waals surface area (Å²) in [5.74, 6) is 0.203. The Hall–Kier alpha value is -1.36. The number of carbonyl (C=O) groups excluding carboxylic acids is 2. The molecule has 0 atom stereocenters. The van der Waals surface area contributed by atoms with Crippen LogP contribution >= 0.6 is 15.9 Å². The molecule has 0 saturated carbocycles. The standard InChI is InChI=1S/C14H18BrNO3/c1-4-14(2,3)16-13(18)9-19-12-6-5-11(15)7-10(12)8-17/h5-8H,4,9H2,1-3H3,(H,16,18). The number of aldehydes is 1. The first-order valence-corrected chi connectivity index (χ1v) is 6.86. The molecule has 0 bridgehead atoms. The van der Waals surface area contributed by atoms with Gasteiger partial charge in [0.2, 0.25) is 0 Å². The van der Waals surface area contributed by atoms with Crippen molar-refractivity contribution >= 4 is 28.1 Å². The summed E-state index contributed by atoms with van der Waals surface area (Å²) >= 11 is 3.27. The highest BCUT2D eigenvalue weighted by Gasteiger charge is 2.18. The van der Waals surface area contributed by atoms with E-state index in [0.29, 0.717) is 17.6 Å². The normalized spacial score (nSPS) is 10.9. The van der Waals surface area contributed by atoms with Crippen LogP contribution in [0.1, 0.15) is 37.6 Å². The molecule has 1 rings (SSSR count). The van der Waals surface area contributed by atoms with Crippen molar-refractivity contribution in [1.29, 1.82) is 0 Å². The molecule has 5 heteroatoms. The average Bonchev–Trinajstić information content (AvgIpc) is 2.36. The molecule has 0 radical (unpaired) electrons. The lowest BCUT2D eigenvalue weighted by Crippen LogP contribution is -2.44. The molecule has 0 saturated heterocycles. The third kappa shape index (κ3) is 5.03. The molecule has 0 aromatic heterocycles. The summed E-state index contributed by atoms with van der Waals surface area (Å²) in [6.45, 7) is 5.79. The summed E-state index contributed by atoms with van der Waals surface area (Å²) in [5, 5.41) is 2.86. The van der Waals surface area contributed by atoms with E-state index in [1.54, 1.807) is 18.2 Å². The molecule has 1 aromatic rings. The van der Waals surface area contributed by atoms with E-state index < -0.39 is 0 Å². The van der Waals surface area contributed by atoms with Crippen molar-refractivity contribution < 1.29 is 14.3 Å². The van der Waals surface area contributed by atoms with Crippen LogP contribution in [0.15, 0.2) is 22.7 Å². The Balaban J connectivity index is 2.62. The zero-order valence-corrected chi connectivity index (χ0v) is 12.9. The van der Waals surface area contributed by atoms with Crippen molar-refractivity contribution in [3.63, 3.8) is 0 Å². The van der Waals surface area contributed by atoms with Crippen molar-refractivity contribution in [2.45, 2.75) is 32.7 Å². The van der Waals surface area contributed by atoms with Crippen molar-refractivity contribution in [1.82, 2.24) is 5.32 Å². The summed E-state index contributed by atoms with van der Waals surface area (Å²) < 4.78 is 6.16. The Labute approximate surface area is 121 Å². The molecule has 0 heterocycles. The predicted molar refractivity (Wildman–Crippen MR) is 77.5 cm³/mol. The Bertz CT molecular complexity index is 472. The van der Waals surface area contributed by atoms with Gasteiger partial charge in [0.05, 0.1) is 5.56 Å². The van der Waals surface area contributed by atoms with E-state index >= 15 is 0 Å². The first-order chi connectivity index (χ1) is 8.88. The van der Waals surface area contributed by atoms with Gasteiger partial charge in [-0.2, -0.15) is 0 Å². The fourth-order valence-corrected chi connectivity index (χ4v) is 1.77. The zero-order chi connectivity index (χ0) is 14.5. The fraction of sp³-hybridized carbons (Fsp3) is 0.429. The SMILES string of the molecule is CCC(C)(C)NC(=O)COc1ccc(Br)cc1C=O. The Morgan fingerprint density at radius 3 is 2.74 bits per heavy atom. The molecular formula is C14H18BrNO3. The highest BCUT2D eigenvalue weighted by Crippen LogP contribution is 2.21. The van der Waals surface area contributed by atoms with Crippen LogP contribution in [0.25, 0.3) is 0 Å². The van der Waals surface area contributed by atoms with E-state index in [-0.39, 0.29) is 18.1 Å². The molecule has 0 fully saturated rings. The van der Waals surface area contributed by atoms with E-state index in [1.807, 2.05) is 20.8 Å². The molecule has 0 aliphatic rings. The average molecular weight is 328 g/mol. The molecule has 104 valence electrons. The summed E-state index contributed by atoms with van der Waals surface area (Å²) in [6, 6.07) is 5.07. The summed E-state index contributed by atoms with van der Waals surface area (Å²) in [7, 11) is 0. The predicted octanol–water partition coefficient (Wildman–Crippen LogP) is 2.95. The second-order valence-corrected chi connectivity index (χ2v) is 5.79. The number of benzene rings is 1. The van der Waals surface area contributed by atoms with Crippen LogP contribution in [0, 0.1) is 0 Å². The minimum absolute atomic E-state index is 0.105. The molecule has 1 N–H and O–H groups in total. The van der Waals surface area contributed by atoms with Gasteiger partial charge in [0.25, 0.3) is 5.91 Å². The molecule has 0 aliphatic carbocycles. The van der Waals surface area contributed by atoms with Gasteiger partial charge in [-0.25, -0.2) is 0 Å². The highest BCUT2D eigenvalue weighted by atomic mass is 79.9. The lowest BCUT2D eigenvalue weighted by atomic mass is 10.0.